The SMILES string of the molecule is OC(CNCc1cnc2ccnn2c1)c1ccccc1. The maximum absolute atomic E-state index is 10.0. The van der Waals surface area contributed by atoms with Crippen LogP contribution in [0.4, 0.5) is 0 Å². The van der Waals surface area contributed by atoms with Crippen molar-refractivity contribution in [1.82, 2.24) is 19.9 Å². The molecule has 20 heavy (non-hydrogen) atoms. The molecule has 1 atom stereocenters. The van der Waals surface area contributed by atoms with Crippen molar-refractivity contribution in [1.29, 1.82) is 0 Å². The van der Waals surface area contributed by atoms with Crippen molar-refractivity contribution in [2.45, 2.75) is 12.6 Å². The molecule has 2 N–H and O–H groups in total. The molecule has 1 aromatic carbocycles. The lowest BCUT2D eigenvalue weighted by Crippen LogP contribution is -2.21. The van der Waals surface area contributed by atoms with Gasteiger partial charge in [-0.2, -0.15) is 5.10 Å². The molecule has 0 aliphatic carbocycles. The van der Waals surface area contributed by atoms with Crippen molar-refractivity contribution in [2.75, 3.05) is 6.54 Å². The second-order valence-electron chi connectivity index (χ2n) is 4.65. The zero-order chi connectivity index (χ0) is 13.8. The lowest BCUT2D eigenvalue weighted by molar-refractivity contribution is 0.174. The number of benzene rings is 1. The van der Waals surface area contributed by atoms with Gasteiger partial charge in [0.05, 0.1) is 12.3 Å². The molecule has 102 valence electrons. The van der Waals surface area contributed by atoms with Gasteiger partial charge in [-0.05, 0) is 5.56 Å². The van der Waals surface area contributed by atoms with Crippen LogP contribution in [0.2, 0.25) is 0 Å². The molecule has 0 radical (unpaired) electrons. The number of aromatic nitrogens is 3. The lowest BCUT2D eigenvalue weighted by Gasteiger charge is -2.12. The van der Waals surface area contributed by atoms with Crippen molar-refractivity contribution in [3.05, 3.63) is 66.1 Å². The number of aliphatic hydroxyl groups is 1. The highest BCUT2D eigenvalue weighted by Gasteiger charge is 2.06. The van der Waals surface area contributed by atoms with E-state index in [1.54, 1.807) is 10.7 Å². The molecule has 5 nitrogen and oxygen atoms in total. The van der Waals surface area contributed by atoms with Gasteiger partial charge >= 0.3 is 0 Å². The molecule has 3 rings (SSSR count). The molecule has 3 aromatic rings. The monoisotopic (exact) mass is 268 g/mol. The van der Waals surface area contributed by atoms with Crippen molar-refractivity contribution >= 4 is 5.65 Å². The average molecular weight is 268 g/mol. The van der Waals surface area contributed by atoms with Crippen LogP contribution in [-0.2, 0) is 6.54 Å². The first-order valence-electron chi connectivity index (χ1n) is 6.55. The molecule has 2 heterocycles. The topological polar surface area (TPSA) is 62.5 Å². The summed E-state index contributed by atoms with van der Waals surface area (Å²) < 4.78 is 1.74. The van der Waals surface area contributed by atoms with Crippen LogP contribution in [-0.4, -0.2) is 26.2 Å². The van der Waals surface area contributed by atoms with E-state index in [-0.39, 0.29) is 0 Å². The van der Waals surface area contributed by atoms with Crippen LogP contribution in [0.1, 0.15) is 17.2 Å². The minimum absolute atomic E-state index is 0.501. The Hall–Kier alpha value is -2.24. The summed E-state index contributed by atoms with van der Waals surface area (Å²) in [5.74, 6) is 0. The summed E-state index contributed by atoms with van der Waals surface area (Å²) in [6.07, 6.45) is 4.97. The van der Waals surface area contributed by atoms with Crippen LogP contribution in [0.3, 0.4) is 0 Å². The zero-order valence-corrected chi connectivity index (χ0v) is 11.0. The molecule has 2 aromatic heterocycles. The van der Waals surface area contributed by atoms with Crippen molar-refractivity contribution < 1.29 is 5.11 Å². The van der Waals surface area contributed by atoms with Crippen LogP contribution in [0, 0.1) is 0 Å². The molecule has 0 saturated carbocycles. The molecule has 0 spiro atoms. The van der Waals surface area contributed by atoms with E-state index in [0.717, 1.165) is 16.8 Å². The third kappa shape index (κ3) is 2.84. The maximum Gasteiger partial charge on any atom is 0.154 e. The molecule has 0 bridgehead atoms. The highest BCUT2D eigenvalue weighted by atomic mass is 16.3. The van der Waals surface area contributed by atoms with E-state index < -0.39 is 6.10 Å². The Morgan fingerprint density at radius 3 is 2.90 bits per heavy atom. The number of hydrogen-bond acceptors (Lipinski definition) is 4. The molecular formula is C15H16N4O. The van der Waals surface area contributed by atoms with Gasteiger partial charge in [0.1, 0.15) is 0 Å². The van der Waals surface area contributed by atoms with Crippen LogP contribution < -0.4 is 5.32 Å². The second kappa shape index (κ2) is 5.81. The fourth-order valence-electron chi connectivity index (χ4n) is 2.09. The second-order valence-corrected chi connectivity index (χ2v) is 4.65. The molecular weight excluding hydrogens is 252 g/mol. The summed E-state index contributed by atoms with van der Waals surface area (Å²) in [5, 5.41) is 17.4. The number of nitrogens with zero attached hydrogens (tertiary/aromatic N) is 3. The summed E-state index contributed by atoms with van der Waals surface area (Å²) in [6.45, 7) is 1.15. The van der Waals surface area contributed by atoms with Crippen LogP contribution >= 0.6 is 0 Å². The first-order valence-corrected chi connectivity index (χ1v) is 6.55. The summed E-state index contributed by atoms with van der Waals surface area (Å²) in [7, 11) is 0. The average Bonchev–Trinajstić information content (AvgIpc) is 2.95. The number of nitrogens with one attached hydrogen (secondary N) is 1. The third-order valence-electron chi connectivity index (χ3n) is 3.15. The fraction of sp³-hybridized carbons (Fsp3) is 0.200. The molecule has 0 amide bonds. The van der Waals surface area contributed by atoms with Gasteiger partial charge in [0.2, 0.25) is 0 Å². The smallest absolute Gasteiger partial charge is 0.154 e. The molecule has 5 heteroatoms. The van der Waals surface area contributed by atoms with Crippen molar-refractivity contribution in [2.24, 2.45) is 0 Å². The van der Waals surface area contributed by atoms with Crippen molar-refractivity contribution in [3.63, 3.8) is 0 Å². The van der Waals surface area contributed by atoms with Gasteiger partial charge < -0.3 is 10.4 Å². The molecule has 0 aliphatic heterocycles. The van der Waals surface area contributed by atoms with Gasteiger partial charge in [-0.1, -0.05) is 30.3 Å². The maximum atomic E-state index is 10.0. The van der Waals surface area contributed by atoms with E-state index in [4.69, 9.17) is 0 Å². The van der Waals surface area contributed by atoms with E-state index in [1.165, 1.54) is 0 Å². The van der Waals surface area contributed by atoms with Crippen LogP contribution in [0.25, 0.3) is 5.65 Å². The molecule has 1 unspecified atom stereocenters. The normalized spacial score (nSPS) is 12.7. The fourth-order valence-corrected chi connectivity index (χ4v) is 2.09. The quantitative estimate of drug-likeness (QED) is 0.737. The number of rotatable bonds is 5. The first kappa shape index (κ1) is 12.8. The summed E-state index contributed by atoms with van der Waals surface area (Å²) in [5.41, 5.74) is 2.78. The minimum atomic E-state index is -0.502. The van der Waals surface area contributed by atoms with E-state index in [1.807, 2.05) is 48.8 Å². The van der Waals surface area contributed by atoms with Gasteiger partial charge in [0, 0.05) is 37.1 Å². The zero-order valence-electron chi connectivity index (χ0n) is 11.0. The van der Waals surface area contributed by atoms with Gasteiger partial charge in [-0.15, -0.1) is 0 Å². The summed E-state index contributed by atoms with van der Waals surface area (Å²) in [4.78, 5) is 4.30. The predicted molar refractivity (Wildman–Crippen MR) is 76.1 cm³/mol. The lowest BCUT2D eigenvalue weighted by atomic mass is 10.1. The number of fused-ring (bicyclic) bond motifs is 1. The molecule has 0 saturated heterocycles. The Morgan fingerprint density at radius 1 is 1.20 bits per heavy atom. The number of hydrogen-bond donors (Lipinski definition) is 2. The summed E-state index contributed by atoms with van der Waals surface area (Å²) in [6, 6.07) is 11.5. The van der Waals surface area contributed by atoms with Gasteiger partial charge in [-0.25, -0.2) is 9.50 Å². The Kier molecular flexibility index (Phi) is 3.71. The van der Waals surface area contributed by atoms with Crippen LogP contribution in [0.5, 0.6) is 0 Å². The molecule has 0 fully saturated rings. The minimum Gasteiger partial charge on any atom is -0.387 e. The standard InChI is InChI=1S/C15H16N4O/c20-14(13-4-2-1-3-5-13)10-16-8-12-9-17-15-6-7-18-19(15)11-12/h1-7,9,11,14,16,20H,8,10H2. The molecule has 0 aliphatic rings. The van der Waals surface area contributed by atoms with Gasteiger partial charge in [0.25, 0.3) is 0 Å². The Labute approximate surface area is 116 Å². The Bertz CT molecular complexity index is 680. The van der Waals surface area contributed by atoms with Gasteiger partial charge in [-0.3, -0.25) is 0 Å². The Morgan fingerprint density at radius 2 is 2.05 bits per heavy atom. The van der Waals surface area contributed by atoms with E-state index in [0.29, 0.717) is 13.1 Å². The van der Waals surface area contributed by atoms with E-state index in [2.05, 4.69) is 15.4 Å². The van der Waals surface area contributed by atoms with Crippen molar-refractivity contribution in [3.8, 4) is 0 Å². The van der Waals surface area contributed by atoms with Gasteiger partial charge in [0.15, 0.2) is 5.65 Å². The third-order valence-corrected chi connectivity index (χ3v) is 3.15. The first-order chi connectivity index (χ1) is 9.83. The highest BCUT2D eigenvalue weighted by molar-refractivity contribution is 5.35. The number of aliphatic hydroxyl groups excluding tert-OH is 1. The highest BCUT2D eigenvalue weighted by Crippen LogP contribution is 2.10. The largest absolute Gasteiger partial charge is 0.387 e. The Balaban J connectivity index is 1.57. The van der Waals surface area contributed by atoms with Crippen LogP contribution in [0.15, 0.2) is 55.0 Å². The predicted octanol–water partition coefficient (Wildman–Crippen LogP) is 1.55. The van der Waals surface area contributed by atoms with E-state index >= 15 is 0 Å². The van der Waals surface area contributed by atoms with E-state index in [9.17, 15) is 5.11 Å². The summed E-state index contributed by atoms with van der Waals surface area (Å²) >= 11 is 0.